The molecule has 3 rings (SSSR count). The van der Waals surface area contributed by atoms with Crippen LogP contribution in [0.3, 0.4) is 0 Å². The van der Waals surface area contributed by atoms with Crippen molar-refractivity contribution in [2.24, 2.45) is 0 Å². The van der Waals surface area contributed by atoms with Crippen LogP contribution in [-0.2, 0) is 4.79 Å². The number of carbonyl (C=O) groups is 1. The van der Waals surface area contributed by atoms with Crippen LogP contribution in [0.2, 0.25) is 5.02 Å². The third-order valence-corrected chi connectivity index (χ3v) is 5.42. The maximum atomic E-state index is 12.5. The van der Waals surface area contributed by atoms with Crippen molar-refractivity contribution in [2.75, 3.05) is 44.8 Å². The van der Waals surface area contributed by atoms with Crippen molar-refractivity contribution < 1.29 is 14.3 Å². The summed E-state index contributed by atoms with van der Waals surface area (Å²) in [6.07, 6.45) is 1.20. The zero-order chi connectivity index (χ0) is 19.9. The van der Waals surface area contributed by atoms with Gasteiger partial charge in [-0.05, 0) is 49.2 Å². The molecule has 2 aromatic rings. The second-order valence-electron chi connectivity index (χ2n) is 6.90. The number of aryl methyl sites for hydroxylation is 1. The van der Waals surface area contributed by atoms with Crippen molar-refractivity contribution in [3.05, 3.63) is 53.1 Å². The van der Waals surface area contributed by atoms with Crippen molar-refractivity contribution >= 4 is 23.2 Å². The van der Waals surface area contributed by atoms with Gasteiger partial charge < -0.3 is 19.3 Å². The van der Waals surface area contributed by atoms with Gasteiger partial charge in [0.2, 0.25) is 5.91 Å². The van der Waals surface area contributed by atoms with Crippen LogP contribution in [0.4, 0.5) is 5.69 Å². The van der Waals surface area contributed by atoms with Crippen molar-refractivity contribution in [3.63, 3.8) is 0 Å². The van der Waals surface area contributed by atoms with Crippen molar-refractivity contribution in [1.29, 1.82) is 0 Å². The van der Waals surface area contributed by atoms with Crippen LogP contribution in [-0.4, -0.2) is 50.7 Å². The van der Waals surface area contributed by atoms with Gasteiger partial charge in [-0.2, -0.15) is 0 Å². The van der Waals surface area contributed by atoms with Crippen LogP contribution in [0.1, 0.15) is 18.4 Å². The molecule has 28 heavy (non-hydrogen) atoms. The number of anilines is 1. The highest BCUT2D eigenvalue weighted by atomic mass is 35.5. The summed E-state index contributed by atoms with van der Waals surface area (Å²) in [6, 6.07) is 13.6. The third-order valence-electron chi connectivity index (χ3n) is 4.99. The normalized spacial score (nSPS) is 14.1. The molecule has 0 saturated carbocycles. The molecule has 1 saturated heterocycles. The second kappa shape index (κ2) is 9.69. The molecule has 1 aliphatic rings. The molecule has 0 atom stereocenters. The number of ether oxygens (including phenoxy) is 2. The predicted molar refractivity (Wildman–Crippen MR) is 113 cm³/mol. The van der Waals surface area contributed by atoms with Crippen LogP contribution in [0.25, 0.3) is 0 Å². The number of carbonyl (C=O) groups excluding carboxylic acids is 1. The third kappa shape index (κ3) is 5.10. The molecule has 1 heterocycles. The van der Waals surface area contributed by atoms with E-state index in [0.717, 1.165) is 54.0 Å². The van der Waals surface area contributed by atoms with Gasteiger partial charge in [0.25, 0.3) is 0 Å². The molecule has 6 heteroatoms. The summed E-state index contributed by atoms with van der Waals surface area (Å²) in [6.45, 7) is 5.55. The number of halogens is 1. The van der Waals surface area contributed by atoms with Crippen molar-refractivity contribution in [2.45, 2.75) is 19.8 Å². The molecular weight excluding hydrogens is 376 g/mol. The maximum Gasteiger partial charge on any atom is 0.222 e. The quantitative estimate of drug-likeness (QED) is 0.652. The molecule has 2 aromatic carbocycles. The van der Waals surface area contributed by atoms with Crippen molar-refractivity contribution in [3.8, 4) is 11.5 Å². The lowest BCUT2D eigenvalue weighted by Crippen LogP contribution is -2.48. The largest absolute Gasteiger partial charge is 0.495 e. The Bertz CT molecular complexity index is 804. The average Bonchev–Trinajstić information content (AvgIpc) is 2.73. The number of benzene rings is 2. The summed E-state index contributed by atoms with van der Waals surface area (Å²) in [5.74, 6) is 1.85. The molecule has 1 aliphatic heterocycles. The van der Waals surface area contributed by atoms with Crippen LogP contribution in [0.15, 0.2) is 42.5 Å². The lowest BCUT2D eigenvalue weighted by atomic mass is 10.2. The van der Waals surface area contributed by atoms with E-state index in [9.17, 15) is 4.79 Å². The number of nitrogens with zero attached hydrogens (tertiary/aromatic N) is 2. The molecule has 0 N–H and O–H groups in total. The zero-order valence-electron chi connectivity index (χ0n) is 16.5. The minimum atomic E-state index is 0.190. The Morgan fingerprint density at radius 2 is 1.86 bits per heavy atom. The van der Waals surface area contributed by atoms with Gasteiger partial charge in [0, 0.05) is 37.6 Å². The molecule has 0 radical (unpaired) electrons. The summed E-state index contributed by atoms with van der Waals surface area (Å²) < 4.78 is 11.2. The first-order chi connectivity index (χ1) is 13.6. The van der Waals surface area contributed by atoms with Crippen LogP contribution in [0.5, 0.6) is 11.5 Å². The van der Waals surface area contributed by atoms with E-state index in [1.165, 1.54) is 0 Å². The van der Waals surface area contributed by atoms with E-state index in [2.05, 4.69) is 11.0 Å². The zero-order valence-corrected chi connectivity index (χ0v) is 17.2. The monoisotopic (exact) mass is 402 g/mol. The number of para-hydroxylation sites is 2. The fraction of sp³-hybridized carbons (Fsp3) is 0.409. The number of methoxy groups -OCH3 is 1. The summed E-state index contributed by atoms with van der Waals surface area (Å²) in [5, 5.41) is 0.731. The summed E-state index contributed by atoms with van der Waals surface area (Å²) in [4.78, 5) is 16.7. The molecule has 1 amide bonds. The Labute approximate surface area is 171 Å². The van der Waals surface area contributed by atoms with E-state index < -0.39 is 0 Å². The number of hydrogen-bond acceptors (Lipinski definition) is 4. The highest BCUT2D eigenvalue weighted by Crippen LogP contribution is 2.28. The van der Waals surface area contributed by atoms with Crippen molar-refractivity contribution in [1.82, 2.24) is 4.90 Å². The lowest BCUT2D eigenvalue weighted by Gasteiger charge is -2.36. The van der Waals surface area contributed by atoms with Gasteiger partial charge >= 0.3 is 0 Å². The molecule has 5 nitrogen and oxygen atoms in total. The minimum absolute atomic E-state index is 0.190. The van der Waals surface area contributed by atoms with Crippen LogP contribution >= 0.6 is 11.6 Å². The molecule has 0 aliphatic carbocycles. The molecule has 0 aromatic heterocycles. The average molecular weight is 403 g/mol. The van der Waals surface area contributed by atoms with E-state index in [1.807, 2.05) is 48.2 Å². The Hall–Kier alpha value is -2.40. The Balaban J connectivity index is 1.41. The Kier molecular flexibility index (Phi) is 7.04. The molecule has 0 unspecified atom stereocenters. The van der Waals surface area contributed by atoms with Gasteiger partial charge in [0.05, 0.1) is 19.4 Å². The van der Waals surface area contributed by atoms with E-state index in [0.29, 0.717) is 19.4 Å². The minimum Gasteiger partial charge on any atom is -0.495 e. The molecule has 1 fully saturated rings. The highest BCUT2D eigenvalue weighted by Gasteiger charge is 2.22. The van der Waals surface area contributed by atoms with Gasteiger partial charge in [-0.25, -0.2) is 0 Å². The van der Waals surface area contributed by atoms with Crippen LogP contribution in [0, 0.1) is 6.92 Å². The van der Waals surface area contributed by atoms with E-state index in [-0.39, 0.29) is 5.91 Å². The first-order valence-electron chi connectivity index (χ1n) is 9.63. The summed E-state index contributed by atoms with van der Waals surface area (Å²) in [7, 11) is 1.69. The number of amides is 1. The fourth-order valence-corrected chi connectivity index (χ4v) is 3.48. The lowest BCUT2D eigenvalue weighted by molar-refractivity contribution is -0.131. The number of hydrogen-bond donors (Lipinski definition) is 0. The predicted octanol–water partition coefficient (Wildman–Crippen LogP) is 4.16. The molecule has 0 bridgehead atoms. The SMILES string of the molecule is COc1ccccc1N1CCN(C(=O)CCCOc2ccc(Cl)c(C)c2)CC1. The molecule has 150 valence electrons. The Morgan fingerprint density at radius 3 is 2.57 bits per heavy atom. The number of rotatable bonds is 7. The van der Waals surface area contributed by atoms with Gasteiger partial charge in [0.15, 0.2) is 0 Å². The van der Waals surface area contributed by atoms with E-state index in [4.69, 9.17) is 21.1 Å². The maximum absolute atomic E-state index is 12.5. The first-order valence-corrected chi connectivity index (χ1v) is 10.0. The fourth-order valence-electron chi connectivity index (χ4n) is 3.37. The van der Waals surface area contributed by atoms with Gasteiger partial charge in [-0.1, -0.05) is 23.7 Å². The second-order valence-corrected chi connectivity index (χ2v) is 7.31. The standard InChI is InChI=1S/C22H27ClN2O3/c1-17-16-18(9-10-19(17)23)28-15-5-8-22(26)25-13-11-24(12-14-25)20-6-3-4-7-21(20)27-2/h3-4,6-7,9-10,16H,5,8,11-15H2,1-2H3. The van der Waals surface area contributed by atoms with E-state index in [1.54, 1.807) is 7.11 Å². The highest BCUT2D eigenvalue weighted by molar-refractivity contribution is 6.31. The van der Waals surface area contributed by atoms with Gasteiger partial charge in [-0.15, -0.1) is 0 Å². The topological polar surface area (TPSA) is 42.0 Å². The van der Waals surface area contributed by atoms with Crippen LogP contribution < -0.4 is 14.4 Å². The molecule has 0 spiro atoms. The summed E-state index contributed by atoms with van der Waals surface area (Å²) in [5.41, 5.74) is 2.08. The van der Waals surface area contributed by atoms with Gasteiger partial charge in [-0.3, -0.25) is 4.79 Å². The summed E-state index contributed by atoms with van der Waals surface area (Å²) >= 11 is 6.02. The smallest absolute Gasteiger partial charge is 0.222 e. The number of piperazine rings is 1. The van der Waals surface area contributed by atoms with Gasteiger partial charge in [0.1, 0.15) is 11.5 Å². The van der Waals surface area contributed by atoms with E-state index >= 15 is 0 Å². The molecular formula is C22H27ClN2O3. The first kappa shape index (κ1) is 20.3. The Morgan fingerprint density at radius 1 is 1.11 bits per heavy atom.